The molecule has 0 spiro atoms. The van der Waals surface area contributed by atoms with E-state index in [2.05, 4.69) is 10.6 Å². The van der Waals surface area contributed by atoms with E-state index in [1.807, 2.05) is 0 Å². The smallest absolute Gasteiger partial charge is 0.481 e. The summed E-state index contributed by atoms with van der Waals surface area (Å²) in [6.07, 6.45) is -12.6. The fraction of sp³-hybridized carbons (Fsp3) is 0.452. The molecule has 2 aliphatic rings. The molecule has 21 heteroatoms. The number of rotatable bonds is 12. The van der Waals surface area contributed by atoms with Crippen molar-refractivity contribution in [3.8, 4) is 0 Å². The minimum atomic E-state index is -5.01. The first-order valence-corrected chi connectivity index (χ1v) is 15.6. The Kier molecular flexibility index (Phi) is 11.8. The fourth-order valence-corrected chi connectivity index (χ4v) is 5.55. The number of hydrogen-bond donors (Lipinski definition) is 5. The van der Waals surface area contributed by atoms with Crippen molar-refractivity contribution in [1.82, 2.24) is 10.6 Å². The summed E-state index contributed by atoms with van der Waals surface area (Å²) >= 11 is 0. The number of benzene rings is 2. The zero-order valence-electron chi connectivity index (χ0n) is 27.7. The van der Waals surface area contributed by atoms with E-state index in [4.69, 9.17) is 19.2 Å². The third-order valence-corrected chi connectivity index (χ3v) is 8.00. The number of alkyl halides is 6. The summed E-state index contributed by atoms with van der Waals surface area (Å²) in [5, 5.41) is 33.7. The molecule has 2 aromatic carbocycles. The number of halogens is 6. The van der Waals surface area contributed by atoms with E-state index in [0.29, 0.717) is 12.1 Å². The Labute approximate surface area is 292 Å². The number of hydrogen-bond acceptors (Lipinski definition) is 10. The van der Waals surface area contributed by atoms with Crippen LogP contribution in [0.4, 0.5) is 26.3 Å². The zero-order valence-corrected chi connectivity index (χ0v) is 27.7. The second-order valence-electron chi connectivity index (χ2n) is 13.0. The predicted octanol–water partition coefficient (Wildman–Crippen LogP) is 1.61. The predicted molar refractivity (Wildman–Crippen MR) is 167 cm³/mol. The number of carbonyl (C=O) groups excluding carboxylic acids is 4. The van der Waals surface area contributed by atoms with Crippen LogP contribution in [0.1, 0.15) is 89.4 Å². The van der Waals surface area contributed by atoms with Crippen LogP contribution in [0.15, 0.2) is 24.3 Å². The Balaban J connectivity index is 1.67. The Bertz CT molecular complexity index is 1760. The van der Waals surface area contributed by atoms with Crippen LogP contribution < -0.4 is 21.6 Å². The lowest BCUT2D eigenvalue weighted by Gasteiger charge is -2.26. The number of amides is 2. The zero-order chi connectivity index (χ0) is 38.9. The molecule has 0 unspecified atom stereocenters. The lowest BCUT2D eigenvalue weighted by molar-refractivity contribution is -0.159. The SMILES string of the molecule is CC(C)(C)OC(=O)[C@H](CCC(=O)O)NC(=O)[C@H](CCC(=O)c1cc2c(c(C(F)(F)F)c1)COB2O)NC(=O)c1cc2c(c(C(F)(F)F)c1)COB2O. The van der Waals surface area contributed by atoms with Crippen molar-refractivity contribution in [3.63, 3.8) is 0 Å². The first-order valence-electron chi connectivity index (χ1n) is 15.6. The van der Waals surface area contributed by atoms with Crippen molar-refractivity contribution < 1.29 is 79.5 Å². The third kappa shape index (κ3) is 9.69. The molecular formula is C31H32B2F6N2O11. The molecule has 2 aromatic rings. The highest BCUT2D eigenvalue weighted by Gasteiger charge is 2.42. The lowest BCUT2D eigenvalue weighted by Crippen LogP contribution is -2.53. The number of aliphatic carboxylic acids is 1. The van der Waals surface area contributed by atoms with Crippen molar-refractivity contribution in [3.05, 3.63) is 57.6 Å². The molecule has 0 aliphatic carbocycles. The summed E-state index contributed by atoms with van der Waals surface area (Å²) in [5.74, 6) is -5.99. The maximum Gasteiger partial charge on any atom is 0.491 e. The van der Waals surface area contributed by atoms with Crippen LogP contribution in [0.5, 0.6) is 0 Å². The van der Waals surface area contributed by atoms with Crippen LogP contribution >= 0.6 is 0 Å². The summed E-state index contributed by atoms with van der Waals surface area (Å²) in [6.45, 7) is 3.24. The topological polar surface area (TPSA) is 198 Å². The third-order valence-electron chi connectivity index (χ3n) is 8.00. The summed E-state index contributed by atoms with van der Waals surface area (Å²) in [5.41, 5.74) is -6.43. The van der Waals surface area contributed by atoms with Crippen LogP contribution in [0.25, 0.3) is 0 Å². The van der Waals surface area contributed by atoms with E-state index in [1.54, 1.807) is 0 Å². The molecule has 280 valence electrons. The molecule has 0 aromatic heterocycles. The number of Topliss-reactive ketones (excluding diaryl/α,β-unsaturated/α-hetero) is 1. The molecule has 5 N–H and O–H groups in total. The monoisotopic (exact) mass is 744 g/mol. The van der Waals surface area contributed by atoms with Gasteiger partial charge in [0.2, 0.25) is 5.91 Å². The van der Waals surface area contributed by atoms with Gasteiger partial charge in [0.1, 0.15) is 17.7 Å². The molecule has 0 saturated heterocycles. The average Bonchev–Trinajstić information content (AvgIpc) is 3.59. The first kappa shape index (κ1) is 40.3. The molecule has 0 bridgehead atoms. The van der Waals surface area contributed by atoms with E-state index in [0.717, 1.165) is 12.1 Å². The van der Waals surface area contributed by atoms with Crippen LogP contribution in [0, 0.1) is 0 Å². The van der Waals surface area contributed by atoms with E-state index < -0.39 is 146 Å². The Morgan fingerprint density at radius 3 is 1.73 bits per heavy atom. The Morgan fingerprint density at radius 1 is 0.769 bits per heavy atom. The molecule has 52 heavy (non-hydrogen) atoms. The average molecular weight is 744 g/mol. The standard InChI is InChI=1S/C31H32B2F6N2O11/c1-29(2,3)52-28(47)23(5-7-25(43)44)41-27(46)22(40-26(45)15-9-19(31(37,38)39)17-13-51-33(49)21(17)11-15)4-6-24(42)14-8-18(30(34,35)36)16-12-50-32(48)20(16)10-14/h8-11,22-23,48-49H,4-7,12-13H2,1-3H3,(H,40,45)(H,41,46)(H,43,44)/t22-,23-/m0/s1. The molecular weight excluding hydrogens is 712 g/mol. The Hall–Kier alpha value is -4.46. The highest BCUT2D eigenvalue weighted by atomic mass is 19.4. The number of ether oxygens (including phenoxy) is 1. The van der Waals surface area contributed by atoms with Crippen molar-refractivity contribution >= 4 is 54.7 Å². The molecule has 4 rings (SSSR count). The number of nitrogens with one attached hydrogen (secondary N) is 2. The quantitative estimate of drug-likeness (QED) is 0.0917. The highest BCUT2D eigenvalue weighted by Crippen LogP contribution is 2.35. The van der Waals surface area contributed by atoms with Gasteiger partial charge in [-0.2, -0.15) is 26.3 Å². The van der Waals surface area contributed by atoms with Gasteiger partial charge >= 0.3 is 38.5 Å². The summed E-state index contributed by atoms with van der Waals surface area (Å²) in [4.78, 5) is 64.4. The van der Waals surface area contributed by atoms with E-state index in [-0.39, 0.29) is 10.9 Å². The number of esters is 1. The van der Waals surface area contributed by atoms with Crippen molar-refractivity contribution in [2.45, 2.75) is 89.7 Å². The van der Waals surface area contributed by atoms with Crippen molar-refractivity contribution in [2.24, 2.45) is 0 Å². The van der Waals surface area contributed by atoms with Crippen LogP contribution in [-0.2, 0) is 54.0 Å². The molecule has 13 nitrogen and oxygen atoms in total. The van der Waals surface area contributed by atoms with Gasteiger partial charge < -0.3 is 39.8 Å². The second kappa shape index (κ2) is 15.3. The molecule has 0 saturated carbocycles. The summed E-state index contributed by atoms with van der Waals surface area (Å²) in [6, 6.07) is -0.654. The molecule has 0 radical (unpaired) electrons. The number of carboxylic acid groups (broad SMARTS) is 1. The number of carboxylic acids is 1. The largest absolute Gasteiger partial charge is 0.491 e. The van der Waals surface area contributed by atoms with E-state index >= 15 is 0 Å². The van der Waals surface area contributed by atoms with Gasteiger partial charge in [0.15, 0.2) is 5.78 Å². The van der Waals surface area contributed by atoms with Gasteiger partial charge in [0, 0.05) is 24.0 Å². The normalized spacial score (nSPS) is 15.4. The van der Waals surface area contributed by atoms with E-state index in [9.17, 15) is 60.4 Å². The summed E-state index contributed by atoms with van der Waals surface area (Å²) < 4.78 is 98.2. The van der Waals surface area contributed by atoms with Crippen LogP contribution in [0.3, 0.4) is 0 Å². The molecule has 0 fully saturated rings. The molecule has 2 heterocycles. The minimum Gasteiger partial charge on any atom is -0.481 e. The maximum absolute atomic E-state index is 13.9. The van der Waals surface area contributed by atoms with Crippen LogP contribution in [0.2, 0.25) is 0 Å². The molecule has 2 aliphatic heterocycles. The van der Waals surface area contributed by atoms with Gasteiger partial charge in [-0.3, -0.25) is 19.2 Å². The number of fused-ring (bicyclic) bond motifs is 2. The Morgan fingerprint density at radius 2 is 1.25 bits per heavy atom. The minimum absolute atomic E-state index is 0.317. The van der Waals surface area contributed by atoms with Crippen LogP contribution in [-0.4, -0.2) is 76.6 Å². The van der Waals surface area contributed by atoms with Crippen molar-refractivity contribution in [1.29, 1.82) is 0 Å². The first-order chi connectivity index (χ1) is 24.0. The van der Waals surface area contributed by atoms with Gasteiger partial charge in [-0.05, 0) is 73.9 Å². The molecule has 2 atom stereocenters. The summed E-state index contributed by atoms with van der Waals surface area (Å²) in [7, 11) is -3.59. The van der Waals surface area contributed by atoms with Gasteiger partial charge in [-0.25, -0.2) is 4.79 Å². The number of ketones is 1. The second-order valence-corrected chi connectivity index (χ2v) is 13.0. The van der Waals surface area contributed by atoms with Gasteiger partial charge in [0.05, 0.1) is 24.3 Å². The van der Waals surface area contributed by atoms with Crippen molar-refractivity contribution in [2.75, 3.05) is 0 Å². The maximum atomic E-state index is 13.9. The van der Waals surface area contributed by atoms with Gasteiger partial charge in [0.25, 0.3) is 5.91 Å². The molecule has 2 amide bonds. The lowest BCUT2D eigenvalue weighted by atomic mass is 9.76. The number of carbonyl (C=O) groups is 5. The fourth-order valence-electron chi connectivity index (χ4n) is 5.55. The van der Waals surface area contributed by atoms with E-state index in [1.165, 1.54) is 20.8 Å². The highest BCUT2D eigenvalue weighted by molar-refractivity contribution is 6.62. The van der Waals surface area contributed by atoms with Gasteiger partial charge in [-0.15, -0.1) is 0 Å². The van der Waals surface area contributed by atoms with Gasteiger partial charge in [-0.1, -0.05) is 6.07 Å².